The Morgan fingerprint density at radius 2 is 1.77 bits per heavy atom. The van der Waals surface area contributed by atoms with E-state index in [-0.39, 0.29) is 23.4 Å². The molecule has 2 amide bonds. The minimum atomic E-state index is -0.562. The average molecular weight is 434 g/mol. The van der Waals surface area contributed by atoms with Crippen LogP contribution in [0.5, 0.6) is 0 Å². The van der Waals surface area contributed by atoms with Gasteiger partial charge < -0.3 is 25.0 Å². The van der Waals surface area contributed by atoms with E-state index >= 15 is 0 Å². The fourth-order valence-electron chi connectivity index (χ4n) is 3.76. The first kappa shape index (κ1) is 25.1. The maximum absolute atomic E-state index is 12.8. The molecule has 0 aliphatic carbocycles. The summed E-state index contributed by atoms with van der Waals surface area (Å²) >= 11 is 0. The lowest BCUT2D eigenvalue weighted by Crippen LogP contribution is -2.57. The van der Waals surface area contributed by atoms with Gasteiger partial charge in [0.2, 0.25) is 5.91 Å². The number of nitrogens with zero attached hydrogens (tertiary/aromatic N) is 1. The van der Waals surface area contributed by atoms with E-state index in [2.05, 4.69) is 29.7 Å². The number of carbonyl (C=O) groups excluding carboxylic acids is 2. The fourth-order valence-corrected chi connectivity index (χ4v) is 3.76. The summed E-state index contributed by atoms with van der Waals surface area (Å²) in [5.74, 6) is -0.420. The van der Waals surface area contributed by atoms with E-state index in [0.717, 1.165) is 12.8 Å². The van der Waals surface area contributed by atoms with Crippen LogP contribution in [0.2, 0.25) is 0 Å². The van der Waals surface area contributed by atoms with Crippen LogP contribution in [-0.2, 0) is 14.3 Å². The van der Waals surface area contributed by atoms with Crippen molar-refractivity contribution in [2.75, 3.05) is 33.4 Å². The summed E-state index contributed by atoms with van der Waals surface area (Å²) in [4.78, 5) is 26.4. The van der Waals surface area contributed by atoms with Crippen molar-refractivity contribution in [3.05, 3.63) is 35.9 Å². The van der Waals surface area contributed by atoms with Crippen molar-refractivity contribution in [3.8, 4) is 0 Å². The topological polar surface area (TPSA) is 79.9 Å². The Bertz CT molecular complexity index is 711. The third-order valence-electron chi connectivity index (χ3n) is 5.57. The summed E-state index contributed by atoms with van der Waals surface area (Å²) < 4.78 is 10.9. The molecule has 0 unspecified atom stereocenters. The molecule has 1 aromatic rings. The van der Waals surface area contributed by atoms with Crippen molar-refractivity contribution in [1.29, 1.82) is 0 Å². The standard InChI is InChI=1S/C24H39N3O4/c1-18(16-27(6)22(29)31-23(3,4)5)21(28)25-17-24(12-14-30-15-13-24)26-19(2)20-10-8-7-9-11-20/h7-11,18-19,26H,12-17H2,1-6H3,(H,25,28)/t18-,19+/m0/s1. The van der Waals surface area contributed by atoms with Crippen LogP contribution in [0.15, 0.2) is 30.3 Å². The van der Waals surface area contributed by atoms with E-state index in [9.17, 15) is 9.59 Å². The van der Waals surface area contributed by atoms with E-state index in [1.54, 1.807) is 7.05 Å². The first-order valence-electron chi connectivity index (χ1n) is 11.1. The Hall–Kier alpha value is -2.12. The van der Waals surface area contributed by atoms with Gasteiger partial charge in [-0.15, -0.1) is 0 Å². The van der Waals surface area contributed by atoms with Crippen LogP contribution < -0.4 is 10.6 Å². The monoisotopic (exact) mass is 433 g/mol. The van der Waals surface area contributed by atoms with E-state index in [0.29, 0.717) is 26.3 Å². The van der Waals surface area contributed by atoms with Crippen molar-refractivity contribution < 1.29 is 19.1 Å². The molecule has 7 nitrogen and oxygen atoms in total. The minimum Gasteiger partial charge on any atom is -0.444 e. The summed E-state index contributed by atoms with van der Waals surface area (Å²) in [6.45, 7) is 11.6. The Labute approximate surface area is 186 Å². The molecule has 0 radical (unpaired) electrons. The van der Waals surface area contributed by atoms with E-state index < -0.39 is 11.7 Å². The lowest BCUT2D eigenvalue weighted by Gasteiger charge is -2.41. The van der Waals surface area contributed by atoms with Gasteiger partial charge >= 0.3 is 6.09 Å². The predicted octanol–water partition coefficient (Wildman–Crippen LogP) is 3.51. The molecule has 2 rings (SSSR count). The van der Waals surface area contributed by atoms with E-state index in [4.69, 9.17) is 9.47 Å². The first-order chi connectivity index (χ1) is 14.5. The quantitative estimate of drug-likeness (QED) is 0.656. The normalized spacial score (nSPS) is 18.0. The Kier molecular flexibility index (Phi) is 8.89. The molecule has 2 atom stereocenters. The summed E-state index contributed by atoms with van der Waals surface area (Å²) in [6, 6.07) is 10.5. The van der Waals surface area contributed by atoms with Gasteiger partial charge in [-0.1, -0.05) is 37.3 Å². The van der Waals surface area contributed by atoms with Crippen LogP contribution in [0.25, 0.3) is 0 Å². The van der Waals surface area contributed by atoms with Gasteiger partial charge in [0.05, 0.1) is 5.92 Å². The average Bonchev–Trinajstić information content (AvgIpc) is 2.72. The summed E-state index contributed by atoms with van der Waals surface area (Å²) in [6.07, 6.45) is 1.24. The van der Waals surface area contributed by atoms with Crippen molar-refractivity contribution in [2.24, 2.45) is 5.92 Å². The number of amides is 2. The highest BCUT2D eigenvalue weighted by Crippen LogP contribution is 2.25. The lowest BCUT2D eigenvalue weighted by molar-refractivity contribution is -0.125. The molecule has 1 aromatic carbocycles. The molecule has 2 N–H and O–H groups in total. The minimum absolute atomic E-state index is 0.0737. The summed E-state index contributed by atoms with van der Waals surface area (Å²) in [5, 5.41) is 6.85. The number of hydrogen-bond acceptors (Lipinski definition) is 5. The number of nitrogens with one attached hydrogen (secondary N) is 2. The van der Waals surface area contributed by atoms with Crippen molar-refractivity contribution in [3.63, 3.8) is 0 Å². The smallest absolute Gasteiger partial charge is 0.410 e. The van der Waals surface area contributed by atoms with Crippen LogP contribution >= 0.6 is 0 Å². The van der Waals surface area contributed by atoms with Gasteiger partial charge in [-0.3, -0.25) is 4.79 Å². The molecule has 0 bridgehead atoms. The number of carbonyl (C=O) groups is 2. The van der Waals surface area contributed by atoms with Crippen LogP contribution in [0.1, 0.15) is 59.1 Å². The zero-order chi connectivity index (χ0) is 23.1. The maximum atomic E-state index is 12.8. The number of rotatable bonds is 8. The van der Waals surface area contributed by atoms with Crippen molar-refractivity contribution >= 4 is 12.0 Å². The second-order valence-corrected chi connectivity index (χ2v) is 9.65. The number of ether oxygens (including phenoxy) is 2. The zero-order valence-corrected chi connectivity index (χ0v) is 19.9. The Morgan fingerprint density at radius 3 is 2.35 bits per heavy atom. The fraction of sp³-hybridized carbons (Fsp3) is 0.667. The molecule has 1 heterocycles. The first-order valence-corrected chi connectivity index (χ1v) is 11.1. The van der Waals surface area contributed by atoms with Crippen molar-refractivity contribution in [1.82, 2.24) is 15.5 Å². The largest absolute Gasteiger partial charge is 0.444 e. The SMILES string of the molecule is C[C@@H](CN(C)C(=O)OC(C)(C)C)C(=O)NCC1(N[C@H](C)c2ccccc2)CCOCC1. The van der Waals surface area contributed by atoms with E-state index in [1.165, 1.54) is 10.5 Å². The van der Waals surface area contributed by atoms with Crippen LogP contribution in [0, 0.1) is 5.92 Å². The maximum Gasteiger partial charge on any atom is 0.410 e. The molecule has 0 spiro atoms. The number of hydrogen-bond donors (Lipinski definition) is 2. The third kappa shape index (κ3) is 8.15. The second kappa shape index (κ2) is 11.0. The van der Waals surface area contributed by atoms with Crippen LogP contribution in [0.4, 0.5) is 4.79 Å². The molecule has 0 aromatic heterocycles. The third-order valence-corrected chi connectivity index (χ3v) is 5.57. The van der Waals surface area contributed by atoms with Gasteiger partial charge in [0, 0.05) is 44.9 Å². The number of benzene rings is 1. The van der Waals surface area contributed by atoms with Gasteiger partial charge in [0.25, 0.3) is 0 Å². The summed E-state index contributed by atoms with van der Waals surface area (Å²) in [7, 11) is 1.65. The van der Waals surface area contributed by atoms with Crippen molar-refractivity contribution in [2.45, 2.75) is 64.6 Å². The molecule has 31 heavy (non-hydrogen) atoms. The molecule has 1 aliphatic heterocycles. The highest BCUT2D eigenvalue weighted by molar-refractivity contribution is 5.79. The van der Waals surface area contributed by atoms with Gasteiger partial charge in [0.1, 0.15) is 5.60 Å². The van der Waals surface area contributed by atoms with Crippen LogP contribution in [-0.4, -0.2) is 61.4 Å². The molecule has 0 saturated carbocycles. The lowest BCUT2D eigenvalue weighted by atomic mass is 9.88. The van der Waals surface area contributed by atoms with Gasteiger partial charge in [-0.2, -0.15) is 0 Å². The molecule has 174 valence electrons. The van der Waals surface area contributed by atoms with Crippen LogP contribution in [0.3, 0.4) is 0 Å². The molecular formula is C24H39N3O4. The molecule has 1 aliphatic rings. The van der Waals surface area contributed by atoms with E-state index in [1.807, 2.05) is 45.9 Å². The summed E-state index contributed by atoms with van der Waals surface area (Å²) in [5.41, 5.74) is 0.430. The molecule has 1 saturated heterocycles. The Morgan fingerprint density at radius 1 is 1.16 bits per heavy atom. The molecule has 7 heteroatoms. The molecular weight excluding hydrogens is 394 g/mol. The second-order valence-electron chi connectivity index (χ2n) is 9.65. The highest BCUT2D eigenvalue weighted by Gasteiger charge is 2.35. The van der Waals surface area contributed by atoms with Gasteiger partial charge in [-0.25, -0.2) is 4.79 Å². The highest BCUT2D eigenvalue weighted by atomic mass is 16.6. The molecule has 1 fully saturated rings. The predicted molar refractivity (Wildman–Crippen MR) is 122 cm³/mol. The van der Waals surface area contributed by atoms with Gasteiger partial charge in [0.15, 0.2) is 0 Å². The zero-order valence-electron chi connectivity index (χ0n) is 19.9. The Balaban J connectivity index is 1.93. The van der Waals surface area contributed by atoms with Gasteiger partial charge in [-0.05, 0) is 46.1 Å².